The molecule has 3 N–H and O–H groups in total. The van der Waals surface area contributed by atoms with E-state index in [1.807, 2.05) is 11.3 Å². The minimum atomic E-state index is -0.0230. The summed E-state index contributed by atoms with van der Waals surface area (Å²) in [7, 11) is 0. The number of aliphatic imine (C=N–C) groups is 1. The summed E-state index contributed by atoms with van der Waals surface area (Å²) in [6.45, 7) is 6.94. The molecule has 0 bridgehead atoms. The Morgan fingerprint density at radius 3 is 2.88 bits per heavy atom. The lowest BCUT2D eigenvalue weighted by Gasteiger charge is -2.20. The van der Waals surface area contributed by atoms with Gasteiger partial charge in [0, 0.05) is 15.3 Å². The summed E-state index contributed by atoms with van der Waals surface area (Å²) in [6.07, 6.45) is 3.81. The van der Waals surface area contributed by atoms with Crippen LogP contribution < -0.4 is 11.1 Å². The quantitative estimate of drug-likeness (QED) is 0.626. The van der Waals surface area contributed by atoms with Crippen molar-refractivity contribution in [3.8, 4) is 0 Å². The van der Waals surface area contributed by atoms with Gasteiger partial charge in [0.05, 0.1) is 6.54 Å². The Bertz CT molecular complexity index is 405. The molecule has 0 amide bonds. The fourth-order valence-corrected chi connectivity index (χ4v) is 3.24. The van der Waals surface area contributed by atoms with Crippen LogP contribution in [0.4, 0.5) is 0 Å². The SMILES string of the molecule is CC(C)(C)NC(N)=NCc1cc2c(s1)CCC2. The predicted molar refractivity (Wildman–Crippen MR) is 74.6 cm³/mol. The summed E-state index contributed by atoms with van der Waals surface area (Å²) in [5, 5.41) is 3.17. The number of guanidine groups is 1. The standard InChI is InChI=1S/C13H21N3S/c1-13(2,3)16-12(14)15-8-10-7-9-5-4-6-11(9)17-10/h7H,4-6,8H2,1-3H3,(H3,14,15,16). The van der Waals surface area contributed by atoms with Crippen LogP contribution in [-0.2, 0) is 19.4 Å². The molecule has 17 heavy (non-hydrogen) atoms. The van der Waals surface area contributed by atoms with Gasteiger partial charge < -0.3 is 11.1 Å². The molecule has 94 valence electrons. The Labute approximate surface area is 107 Å². The zero-order chi connectivity index (χ0) is 12.5. The second-order valence-corrected chi connectivity index (χ2v) is 6.81. The van der Waals surface area contributed by atoms with Gasteiger partial charge in [0.25, 0.3) is 0 Å². The molecule has 1 aromatic heterocycles. The van der Waals surface area contributed by atoms with Crippen LogP contribution in [0.1, 0.15) is 42.5 Å². The third kappa shape index (κ3) is 3.46. The second kappa shape index (κ2) is 4.69. The second-order valence-electron chi connectivity index (χ2n) is 5.59. The normalized spacial score (nSPS) is 16.1. The Morgan fingerprint density at radius 2 is 2.24 bits per heavy atom. The van der Waals surface area contributed by atoms with Crippen molar-refractivity contribution in [2.75, 3.05) is 0 Å². The van der Waals surface area contributed by atoms with Crippen LogP contribution in [0.5, 0.6) is 0 Å². The van der Waals surface area contributed by atoms with Gasteiger partial charge in [0.15, 0.2) is 5.96 Å². The molecule has 0 spiro atoms. The highest BCUT2D eigenvalue weighted by Gasteiger charge is 2.14. The molecule has 0 atom stereocenters. The highest BCUT2D eigenvalue weighted by Crippen LogP contribution is 2.30. The molecule has 1 aliphatic carbocycles. The van der Waals surface area contributed by atoms with E-state index in [2.05, 4.69) is 37.1 Å². The summed E-state index contributed by atoms with van der Waals surface area (Å²) in [5.74, 6) is 0.533. The zero-order valence-corrected chi connectivity index (χ0v) is 11.7. The molecule has 3 nitrogen and oxygen atoms in total. The number of aryl methyl sites for hydroxylation is 2. The molecule has 1 heterocycles. The molecule has 0 aliphatic heterocycles. The fourth-order valence-electron chi connectivity index (χ4n) is 2.06. The molecule has 0 saturated heterocycles. The maximum absolute atomic E-state index is 5.84. The maximum Gasteiger partial charge on any atom is 0.189 e. The monoisotopic (exact) mass is 251 g/mol. The highest BCUT2D eigenvalue weighted by molar-refractivity contribution is 7.12. The number of rotatable bonds is 2. The topological polar surface area (TPSA) is 50.4 Å². The zero-order valence-electron chi connectivity index (χ0n) is 10.8. The van der Waals surface area contributed by atoms with Crippen LogP contribution >= 0.6 is 11.3 Å². The first-order chi connectivity index (χ1) is 7.94. The van der Waals surface area contributed by atoms with Gasteiger partial charge in [0.2, 0.25) is 0 Å². The molecule has 1 aromatic rings. The maximum atomic E-state index is 5.84. The summed E-state index contributed by atoms with van der Waals surface area (Å²) >= 11 is 1.89. The highest BCUT2D eigenvalue weighted by atomic mass is 32.1. The van der Waals surface area contributed by atoms with Gasteiger partial charge in [0.1, 0.15) is 0 Å². The van der Waals surface area contributed by atoms with Gasteiger partial charge in [-0.25, -0.2) is 4.99 Å². The van der Waals surface area contributed by atoms with Crippen LogP contribution in [0.2, 0.25) is 0 Å². The average molecular weight is 251 g/mol. The van der Waals surface area contributed by atoms with E-state index < -0.39 is 0 Å². The first-order valence-corrected chi connectivity index (χ1v) is 6.94. The molecule has 0 fully saturated rings. The van der Waals surface area contributed by atoms with Crippen LogP contribution in [0.25, 0.3) is 0 Å². The van der Waals surface area contributed by atoms with Gasteiger partial charge in [-0.1, -0.05) is 0 Å². The number of nitrogens with zero attached hydrogens (tertiary/aromatic N) is 1. The minimum Gasteiger partial charge on any atom is -0.370 e. The van der Waals surface area contributed by atoms with Crippen molar-refractivity contribution in [3.63, 3.8) is 0 Å². The van der Waals surface area contributed by atoms with E-state index in [4.69, 9.17) is 5.73 Å². The van der Waals surface area contributed by atoms with Gasteiger partial charge in [-0.3, -0.25) is 0 Å². The van der Waals surface area contributed by atoms with E-state index in [1.54, 1.807) is 4.88 Å². The average Bonchev–Trinajstić information content (AvgIpc) is 2.70. The molecule has 0 radical (unpaired) electrons. The first kappa shape index (κ1) is 12.4. The minimum absolute atomic E-state index is 0.0230. The Kier molecular flexibility index (Phi) is 3.43. The number of fused-ring (bicyclic) bond motifs is 1. The lowest BCUT2D eigenvalue weighted by Crippen LogP contribution is -2.44. The van der Waals surface area contributed by atoms with E-state index in [-0.39, 0.29) is 5.54 Å². The van der Waals surface area contributed by atoms with Gasteiger partial charge in [-0.15, -0.1) is 11.3 Å². The van der Waals surface area contributed by atoms with Crippen LogP contribution in [-0.4, -0.2) is 11.5 Å². The number of nitrogens with two attached hydrogens (primary N) is 1. The van der Waals surface area contributed by atoms with Crippen molar-refractivity contribution in [1.82, 2.24) is 5.32 Å². The first-order valence-electron chi connectivity index (χ1n) is 6.12. The molecule has 0 unspecified atom stereocenters. The third-order valence-corrected chi connectivity index (χ3v) is 3.93. The fraction of sp³-hybridized carbons (Fsp3) is 0.615. The van der Waals surface area contributed by atoms with Crippen molar-refractivity contribution in [1.29, 1.82) is 0 Å². The molecular formula is C13H21N3S. The summed E-state index contributed by atoms with van der Waals surface area (Å²) in [5.41, 5.74) is 7.35. The number of hydrogen-bond acceptors (Lipinski definition) is 2. The number of hydrogen-bond donors (Lipinski definition) is 2. The largest absolute Gasteiger partial charge is 0.370 e. The van der Waals surface area contributed by atoms with Crippen molar-refractivity contribution >= 4 is 17.3 Å². The van der Waals surface area contributed by atoms with Gasteiger partial charge in [-0.2, -0.15) is 0 Å². The van der Waals surface area contributed by atoms with Crippen molar-refractivity contribution in [2.24, 2.45) is 10.7 Å². The Hall–Kier alpha value is -1.03. The van der Waals surface area contributed by atoms with Crippen LogP contribution in [0.3, 0.4) is 0 Å². The molecule has 0 saturated carbocycles. The molecule has 4 heteroatoms. The lowest BCUT2D eigenvalue weighted by atomic mass is 10.1. The summed E-state index contributed by atoms with van der Waals surface area (Å²) < 4.78 is 0. The van der Waals surface area contributed by atoms with Crippen molar-refractivity contribution < 1.29 is 0 Å². The third-order valence-electron chi connectivity index (χ3n) is 2.71. The van der Waals surface area contributed by atoms with E-state index in [0.29, 0.717) is 12.5 Å². The van der Waals surface area contributed by atoms with E-state index in [9.17, 15) is 0 Å². The van der Waals surface area contributed by atoms with Crippen molar-refractivity contribution in [2.45, 2.75) is 52.1 Å². The summed E-state index contributed by atoms with van der Waals surface area (Å²) in [4.78, 5) is 7.27. The van der Waals surface area contributed by atoms with E-state index >= 15 is 0 Å². The molecule has 2 rings (SSSR count). The van der Waals surface area contributed by atoms with E-state index in [0.717, 1.165) is 0 Å². The molecule has 0 aromatic carbocycles. The van der Waals surface area contributed by atoms with E-state index in [1.165, 1.54) is 29.7 Å². The van der Waals surface area contributed by atoms with Crippen molar-refractivity contribution in [3.05, 3.63) is 21.4 Å². The smallest absolute Gasteiger partial charge is 0.189 e. The number of thiophene rings is 1. The number of nitrogens with one attached hydrogen (secondary N) is 1. The Morgan fingerprint density at radius 1 is 1.47 bits per heavy atom. The lowest BCUT2D eigenvalue weighted by molar-refractivity contribution is 0.508. The molecular weight excluding hydrogens is 230 g/mol. The molecule has 1 aliphatic rings. The van der Waals surface area contributed by atoms with Gasteiger partial charge in [-0.05, 0) is 51.7 Å². The summed E-state index contributed by atoms with van der Waals surface area (Å²) in [6, 6.07) is 2.29. The van der Waals surface area contributed by atoms with Gasteiger partial charge >= 0.3 is 0 Å². The van der Waals surface area contributed by atoms with Crippen LogP contribution in [0.15, 0.2) is 11.1 Å². The Balaban J connectivity index is 1.94. The predicted octanol–water partition coefficient (Wildman–Crippen LogP) is 2.44. The van der Waals surface area contributed by atoms with Crippen LogP contribution in [0, 0.1) is 0 Å².